The minimum atomic E-state index is -0.0605. The molecular formula is C15H19ClN2O2. The van der Waals surface area contributed by atoms with Gasteiger partial charge in [0.05, 0.1) is 11.6 Å². The Morgan fingerprint density at radius 3 is 2.95 bits per heavy atom. The zero-order chi connectivity index (χ0) is 15.0. The van der Waals surface area contributed by atoms with E-state index in [2.05, 4.69) is 17.2 Å². The number of amides is 1. The third kappa shape index (κ3) is 5.62. The first-order valence-electron chi connectivity index (χ1n) is 6.34. The van der Waals surface area contributed by atoms with Crippen LogP contribution in [0.4, 0.5) is 5.69 Å². The van der Waals surface area contributed by atoms with Gasteiger partial charge in [0.25, 0.3) is 0 Å². The van der Waals surface area contributed by atoms with Crippen molar-refractivity contribution in [3.8, 4) is 11.8 Å². The van der Waals surface area contributed by atoms with E-state index in [0.717, 1.165) is 0 Å². The Kier molecular flexibility index (Phi) is 7.10. The third-order valence-corrected chi connectivity index (χ3v) is 2.89. The number of ether oxygens (including phenoxy) is 1. The van der Waals surface area contributed by atoms with Crippen molar-refractivity contribution in [2.75, 3.05) is 25.6 Å². The van der Waals surface area contributed by atoms with E-state index in [1.807, 2.05) is 6.92 Å². The summed E-state index contributed by atoms with van der Waals surface area (Å²) in [5.74, 6) is 5.72. The summed E-state index contributed by atoms with van der Waals surface area (Å²) in [5.41, 5.74) is 6.65. The number of halogens is 1. The van der Waals surface area contributed by atoms with Crippen LogP contribution in [0.3, 0.4) is 0 Å². The second-order valence-corrected chi connectivity index (χ2v) is 4.92. The molecule has 0 aliphatic heterocycles. The summed E-state index contributed by atoms with van der Waals surface area (Å²) < 4.78 is 5.01. The number of nitrogens with two attached hydrogens (primary N) is 1. The topological polar surface area (TPSA) is 64.3 Å². The number of anilines is 1. The lowest BCUT2D eigenvalue weighted by atomic mass is 10.1. The van der Waals surface area contributed by atoms with Crippen molar-refractivity contribution in [1.82, 2.24) is 0 Å². The zero-order valence-corrected chi connectivity index (χ0v) is 12.5. The van der Waals surface area contributed by atoms with Gasteiger partial charge in [-0.05, 0) is 24.1 Å². The molecule has 0 saturated heterocycles. The molecule has 1 unspecified atom stereocenters. The second kappa shape index (κ2) is 8.60. The van der Waals surface area contributed by atoms with Crippen LogP contribution >= 0.6 is 11.6 Å². The maximum atomic E-state index is 11.9. The molecule has 1 aromatic rings. The standard InChI is InChI=1S/C15H19ClN2O2/c1-11(10-20-2)8-15(19)18-13-5-6-14(16)12(9-13)4-3-7-17/h5-6,9,11H,7-8,10,17H2,1-2H3,(H,18,19). The van der Waals surface area contributed by atoms with Crippen molar-refractivity contribution in [2.45, 2.75) is 13.3 Å². The molecule has 0 heterocycles. The Morgan fingerprint density at radius 2 is 2.30 bits per heavy atom. The largest absolute Gasteiger partial charge is 0.384 e. The summed E-state index contributed by atoms with van der Waals surface area (Å²) in [7, 11) is 1.62. The molecule has 1 atom stereocenters. The lowest BCUT2D eigenvalue weighted by Crippen LogP contribution is -2.17. The lowest BCUT2D eigenvalue weighted by molar-refractivity contribution is -0.117. The van der Waals surface area contributed by atoms with Crippen LogP contribution in [0.5, 0.6) is 0 Å². The predicted octanol–water partition coefficient (Wildman–Crippen LogP) is 2.26. The van der Waals surface area contributed by atoms with Crippen LogP contribution in [-0.4, -0.2) is 26.2 Å². The van der Waals surface area contributed by atoms with E-state index in [1.165, 1.54) is 0 Å². The number of rotatable bonds is 5. The van der Waals surface area contributed by atoms with E-state index in [-0.39, 0.29) is 18.4 Å². The van der Waals surface area contributed by atoms with Crippen molar-refractivity contribution in [1.29, 1.82) is 0 Å². The smallest absolute Gasteiger partial charge is 0.224 e. The predicted molar refractivity (Wildman–Crippen MR) is 81.7 cm³/mol. The minimum Gasteiger partial charge on any atom is -0.384 e. The van der Waals surface area contributed by atoms with E-state index < -0.39 is 0 Å². The van der Waals surface area contributed by atoms with Crippen LogP contribution in [0.25, 0.3) is 0 Å². The molecule has 5 heteroatoms. The normalized spacial score (nSPS) is 11.4. The molecule has 1 amide bonds. The Balaban J connectivity index is 2.70. The highest BCUT2D eigenvalue weighted by atomic mass is 35.5. The van der Waals surface area contributed by atoms with Gasteiger partial charge in [-0.1, -0.05) is 30.4 Å². The van der Waals surface area contributed by atoms with Crippen molar-refractivity contribution in [3.63, 3.8) is 0 Å². The maximum Gasteiger partial charge on any atom is 0.224 e. The van der Waals surface area contributed by atoms with Gasteiger partial charge < -0.3 is 15.8 Å². The average Bonchev–Trinajstić information content (AvgIpc) is 2.39. The van der Waals surface area contributed by atoms with Gasteiger partial charge in [-0.25, -0.2) is 0 Å². The SMILES string of the molecule is COCC(C)CC(=O)Nc1ccc(Cl)c(C#CCN)c1. The van der Waals surface area contributed by atoms with Gasteiger partial charge in [0.1, 0.15) is 0 Å². The fourth-order valence-corrected chi connectivity index (χ4v) is 1.88. The molecule has 1 aromatic carbocycles. The van der Waals surface area contributed by atoms with Gasteiger partial charge in [0.2, 0.25) is 5.91 Å². The molecule has 0 aliphatic carbocycles. The molecule has 0 aliphatic rings. The highest BCUT2D eigenvalue weighted by Crippen LogP contribution is 2.20. The Labute approximate surface area is 124 Å². The maximum absolute atomic E-state index is 11.9. The highest BCUT2D eigenvalue weighted by molar-refractivity contribution is 6.31. The van der Waals surface area contributed by atoms with Gasteiger partial charge in [-0.2, -0.15) is 0 Å². The summed E-state index contributed by atoms with van der Waals surface area (Å²) >= 11 is 6.02. The molecule has 0 radical (unpaired) electrons. The minimum absolute atomic E-state index is 0.0605. The fourth-order valence-electron chi connectivity index (χ4n) is 1.72. The number of carbonyl (C=O) groups excluding carboxylic acids is 1. The van der Waals surface area contributed by atoms with E-state index in [4.69, 9.17) is 22.1 Å². The monoisotopic (exact) mass is 294 g/mol. The number of hydrogen-bond acceptors (Lipinski definition) is 3. The zero-order valence-electron chi connectivity index (χ0n) is 11.7. The summed E-state index contributed by atoms with van der Waals surface area (Å²) in [4.78, 5) is 11.9. The van der Waals surface area contributed by atoms with Crippen molar-refractivity contribution in [3.05, 3.63) is 28.8 Å². The molecule has 0 spiro atoms. The van der Waals surface area contributed by atoms with Gasteiger partial charge >= 0.3 is 0 Å². The van der Waals surface area contributed by atoms with E-state index in [1.54, 1.807) is 25.3 Å². The quantitative estimate of drug-likeness (QED) is 0.819. The lowest BCUT2D eigenvalue weighted by Gasteiger charge is -2.11. The molecule has 20 heavy (non-hydrogen) atoms. The van der Waals surface area contributed by atoms with Gasteiger partial charge in [0, 0.05) is 31.4 Å². The molecule has 0 bridgehead atoms. The number of nitrogens with one attached hydrogen (secondary N) is 1. The Bertz CT molecular complexity index is 520. The van der Waals surface area contributed by atoms with E-state index in [9.17, 15) is 4.79 Å². The third-order valence-electron chi connectivity index (χ3n) is 2.56. The van der Waals surface area contributed by atoms with Crippen LogP contribution in [0, 0.1) is 17.8 Å². The van der Waals surface area contributed by atoms with Crippen molar-refractivity contribution < 1.29 is 9.53 Å². The number of methoxy groups -OCH3 is 1. The van der Waals surface area contributed by atoms with E-state index >= 15 is 0 Å². The molecule has 0 saturated carbocycles. The van der Waals surface area contributed by atoms with Crippen molar-refractivity contribution in [2.24, 2.45) is 11.7 Å². The summed E-state index contributed by atoms with van der Waals surface area (Å²) in [6.45, 7) is 2.78. The molecule has 1 rings (SSSR count). The van der Waals surface area contributed by atoms with Crippen LogP contribution in [-0.2, 0) is 9.53 Å². The summed E-state index contributed by atoms with van der Waals surface area (Å²) in [6, 6.07) is 5.19. The molecule has 0 fully saturated rings. The molecular weight excluding hydrogens is 276 g/mol. The second-order valence-electron chi connectivity index (χ2n) is 4.51. The Hall–Kier alpha value is -1.54. The van der Waals surface area contributed by atoms with Crippen LogP contribution in [0.1, 0.15) is 18.9 Å². The first-order chi connectivity index (χ1) is 9.56. The molecule has 108 valence electrons. The fraction of sp³-hybridized carbons (Fsp3) is 0.400. The summed E-state index contributed by atoms with van der Waals surface area (Å²) in [6.07, 6.45) is 0.403. The van der Waals surface area contributed by atoms with Crippen molar-refractivity contribution >= 4 is 23.2 Å². The van der Waals surface area contributed by atoms with Gasteiger partial charge in [-0.3, -0.25) is 4.79 Å². The average molecular weight is 295 g/mol. The van der Waals surface area contributed by atoms with Gasteiger partial charge in [0.15, 0.2) is 0 Å². The highest BCUT2D eigenvalue weighted by Gasteiger charge is 2.09. The number of carbonyl (C=O) groups is 1. The van der Waals surface area contributed by atoms with Gasteiger partial charge in [-0.15, -0.1) is 0 Å². The molecule has 4 nitrogen and oxygen atoms in total. The summed E-state index contributed by atoms with van der Waals surface area (Å²) in [5, 5.41) is 3.36. The number of benzene rings is 1. The van der Waals surface area contributed by atoms with E-state index in [0.29, 0.717) is 29.3 Å². The first-order valence-corrected chi connectivity index (χ1v) is 6.72. The van der Waals surface area contributed by atoms with Crippen LogP contribution in [0.2, 0.25) is 5.02 Å². The molecule has 0 aromatic heterocycles. The van der Waals surface area contributed by atoms with Crippen LogP contribution < -0.4 is 11.1 Å². The number of hydrogen-bond donors (Lipinski definition) is 2. The van der Waals surface area contributed by atoms with Crippen LogP contribution in [0.15, 0.2) is 18.2 Å². The Morgan fingerprint density at radius 1 is 1.55 bits per heavy atom. The molecule has 3 N–H and O–H groups in total. The first kappa shape index (κ1) is 16.5.